The molecule has 0 radical (unpaired) electrons. The van der Waals surface area contributed by atoms with Gasteiger partial charge >= 0.3 is 0 Å². The largest absolute Gasteiger partial charge is 0.391 e. The molecule has 3 aromatic heterocycles. The van der Waals surface area contributed by atoms with E-state index >= 15 is 0 Å². The van der Waals surface area contributed by atoms with Gasteiger partial charge in [0.2, 0.25) is 0 Å². The van der Waals surface area contributed by atoms with Crippen molar-refractivity contribution >= 4 is 28.3 Å². The van der Waals surface area contributed by atoms with Crippen molar-refractivity contribution in [2.24, 2.45) is 7.05 Å². The van der Waals surface area contributed by atoms with Crippen molar-refractivity contribution in [3.63, 3.8) is 0 Å². The molecule has 7 heteroatoms. The number of aliphatic hydroxyl groups excluding tert-OH is 1. The average Bonchev–Trinajstić information content (AvgIpc) is 3.47. The van der Waals surface area contributed by atoms with Crippen molar-refractivity contribution in [1.82, 2.24) is 19.9 Å². The van der Waals surface area contributed by atoms with Gasteiger partial charge in [0.15, 0.2) is 0 Å². The van der Waals surface area contributed by atoms with Gasteiger partial charge in [-0.25, -0.2) is 9.97 Å². The maximum atomic E-state index is 13.0. The van der Waals surface area contributed by atoms with Gasteiger partial charge in [0.05, 0.1) is 12.1 Å². The third kappa shape index (κ3) is 4.18. The molecule has 0 spiro atoms. The highest BCUT2D eigenvalue weighted by Gasteiger charge is 2.26. The van der Waals surface area contributed by atoms with Crippen LogP contribution in [0, 0.1) is 0 Å². The van der Waals surface area contributed by atoms with Crippen LogP contribution in [-0.4, -0.2) is 37.7 Å². The summed E-state index contributed by atoms with van der Waals surface area (Å²) in [6.07, 6.45) is 7.57. The minimum Gasteiger partial charge on any atom is -0.391 e. The van der Waals surface area contributed by atoms with Crippen LogP contribution in [0.15, 0.2) is 54.2 Å². The van der Waals surface area contributed by atoms with Crippen LogP contribution >= 0.6 is 11.3 Å². The van der Waals surface area contributed by atoms with Gasteiger partial charge in [-0.15, -0.1) is 11.3 Å². The molecule has 0 bridgehead atoms. The summed E-state index contributed by atoms with van der Waals surface area (Å²) in [6.45, 7) is 0. The van der Waals surface area contributed by atoms with E-state index in [0.29, 0.717) is 12.1 Å². The first-order valence-electron chi connectivity index (χ1n) is 11.0. The zero-order chi connectivity index (χ0) is 22.1. The molecule has 5 rings (SSSR count). The fourth-order valence-corrected chi connectivity index (χ4v) is 5.08. The maximum absolute atomic E-state index is 13.0. The van der Waals surface area contributed by atoms with E-state index < -0.39 is 6.10 Å². The Hall–Kier alpha value is -3.03. The number of carbonyl (C=O) groups excluding carboxylic acids is 1. The van der Waals surface area contributed by atoms with Crippen LogP contribution in [0.1, 0.15) is 47.3 Å². The molecule has 6 nitrogen and oxygen atoms in total. The molecule has 2 N–H and O–H groups in total. The SMILES string of the molecule is Cn1ccc2c(Cc3ccc(-c4nccs4)cc3)cc(C(=O)N[C@H]3CCCC[C@@H]3O)nc21. The molecule has 164 valence electrons. The monoisotopic (exact) mass is 446 g/mol. The Morgan fingerprint density at radius 2 is 2.03 bits per heavy atom. The summed E-state index contributed by atoms with van der Waals surface area (Å²) >= 11 is 1.63. The Bertz CT molecular complexity index is 1230. The molecule has 0 aliphatic heterocycles. The number of nitrogens with one attached hydrogen (secondary N) is 1. The Morgan fingerprint density at radius 3 is 2.78 bits per heavy atom. The standard InChI is InChI=1S/C25H26N4O2S/c1-29-12-10-19-18(14-16-6-8-17(9-7-16)25-26-11-13-32-25)15-21(27-23(19)29)24(31)28-20-4-2-3-5-22(20)30/h6-13,15,20,22,30H,2-5,14H2,1H3,(H,28,31)/t20-,22-/m0/s1. The van der Waals surface area contributed by atoms with Gasteiger partial charge in [0, 0.05) is 35.8 Å². The highest BCUT2D eigenvalue weighted by atomic mass is 32.1. The molecule has 1 saturated carbocycles. The molecular weight excluding hydrogens is 420 g/mol. The van der Waals surface area contributed by atoms with Gasteiger partial charge < -0.3 is 15.0 Å². The number of carbonyl (C=O) groups is 1. The number of amides is 1. The van der Waals surface area contributed by atoms with E-state index in [9.17, 15) is 9.90 Å². The quantitative estimate of drug-likeness (QED) is 0.478. The fraction of sp³-hybridized carbons (Fsp3) is 0.320. The van der Waals surface area contributed by atoms with Crippen molar-refractivity contribution in [1.29, 1.82) is 0 Å². The second-order valence-corrected chi connectivity index (χ2v) is 9.37. The first kappa shape index (κ1) is 20.8. The van der Waals surface area contributed by atoms with E-state index in [1.165, 1.54) is 0 Å². The van der Waals surface area contributed by atoms with Crippen LogP contribution in [0.4, 0.5) is 0 Å². The van der Waals surface area contributed by atoms with Crippen molar-refractivity contribution in [3.05, 3.63) is 71.0 Å². The Balaban J connectivity index is 1.43. The number of aryl methyl sites for hydroxylation is 1. The van der Waals surface area contributed by atoms with Crippen molar-refractivity contribution < 1.29 is 9.90 Å². The predicted molar refractivity (Wildman–Crippen MR) is 127 cm³/mol. The summed E-state index contributed by atoms with van der Waals surface area (Å²) in [5.41, 5.74) is 4.51. The Morgan fingerprint density at radius 1 is 1.22 bits per heavy atom. The van der Waals surface area contributed by atoms with Gasteiger partial charge in [-0.3, -0.25) is 4.79 Å². The topological polar surface area (TPSA) is 80.0 Å². The van der Waals surface area contributed by atoms with Crippen molar-refractivity contribution in [2.45, 2.75) is 44.2 Å². The molecule has 1 aliphatic rings. The first-order valence-corrected chi connectivity index (χ1v) is 11.9. The molecule has 0 unspecified atom stereocenters. The van der Waals surface area contributed by atoms with E-state index in [1.807, 2.05) is 41.5 Å². The molecular formula is C25H26N4O2S. The van der Waals surface area contributed by atoms with Gasteiger partial charge in [0.25, 0.3) is 5.91 Å². The van der Waals surface area contributed by atoms with E-state index in [2.05, 4.69) is 39.6 Å². The van der Waals surface area contributed by atoms with E-state index in [0.717, 1.165) is 58.4 Å². The molecule has 32 heavy (non-hydrogen) atoms. The number of hydrogen-bond acceptors (Lipinski definition) is 5. The van der Waals surface area contributed by atoms with Crippen molar-refractivity contribution in [2.75, 3.05) is 0 Å². The Labute approximate surface area is 191 Å². The Kier molecular flexibility index (Phi) is 5.76. The van der Waals surface area contributed by atoms with Crippen LogP contribution in [0.25, 0.3) is 21.6 Å². The third-order valence-electron chi connectivity index (χ3n) is 6.23. The molecule has 3 heterocycles. The number of nitrogens with zero attached hydrogens (tertiary/aromatic N) is 3. The molecule has 1 aliphatic carbocycles. The highest BCUT2D eigenvalue weighted by molar-refractivity contribution is 7.13. The van der Waals surface area contributed by atoms with Crippen LogP contribution in [0.3, 0.4) is 0 Å². The van der Waals surface area contributed by atoms with E-state index in [1.54, 1.807) is 11.3 Å². The van der Waals surface area contributed by atoms with E-state index in [4.69, 9.17) is 0 Å². The number of rotatable bonds is 5. The number of thiazole rings is 1. The summed E-state index contributed by atoms with van der Waals surface area (Å²) in [5.74, 6) is -0.223. The van der Waals surface area contributed by atoms with Crippen molar-refractivity contribution in [3.8, 4) is 10.6 Å². The number of aliphatic hydroxyl groups is 1. The minimum atomic E-state index is -0.484. The first-order chi connectivity index (χ1) is 15.6. The third-order valence-corrected chi connectivity index (χ3v) is 7.05. The number of fused-ring (bicyclic) bond motifs is 1. The molecule has 0 saturated heterocycles. The average molecular weight is 447 g/mol. The lowest BCUT2D eigenvalue weighted by molar-refractivity contribution is 0.0714. The fourth-order valence-electron chi connectivity index (χ4n) is 4.44. The lowest BCUT2D eigenvalue weighted by Gasteiger charge is -2.28. The van der Waals surface area contributed by atoms with Gasteiger partial charge in [-0.2, -0.15) is 0 Å². The molecule has 1 aromatic carbocycles. The highest BCUT2D eigenvalue weighted by Crippen LogP contribution is 2.26. The predicted octanol–water partition coefficient (Wildman–Crippen LogP) is 4.32. The lowest BCUT2D eigenvalue weighted by Crippen LogP contribution is -2.45. The smallest absolute Gasteiger partial charge is 0.270 e. The zero-order valence-electron chi connectivity index (χ0n) is 18.0. The van der Waals surface area contributed by atoms with Crippen LogP contribution < -0.4 is 5.32 Å². The normalized spacial score (nSPS) is 18.7. The molecule has 4 aromatic rings. The molecule has 1 fully saturated rings. The number of aromatic nitrogens is 3. The molecule has 2 atom stereocenters. The second kappa shape index (κ2) is 8.84. The van der Waals surface area contributed by atoms with E-state index in [-0.39, 0.29) is 11.9 Å². The summed E-state index contributed by atoms with van der Waals surface area (Å²) in [4.78, 5) is 22.0. The van der Waals surface area contributed by atoms with Crippen LogP contribution in [0.5, 0.6) is 0 Å². The second-order valence-electron chi connectivity index (χ2n) is 8.47. The van der Waals surface area contributed by atoms with Crippen LogP contribution in [-0.2, 0) is 13.5 Å². The number of hydrogen-bond donors (Lipinski definition) is 2. The maximum Gasteiger partial charge on any atom is 0.270 e. The number of pyridine rings is 1. The zero-order valence-corrected chi connectivity index (χ0v) is 18.8. The summed E-state index contributed by atoms with van der Waals surface area (Å²) in [7, 11) is 1.94. The number of benzene rings is 1. The van der Waals surface area contributed by atoms with Crippen LogP contribution in [0.2, 0.25) is 0 Å². The summed E-state index contributed by atoms with van der Waals surface area (Å²) in [5, 5.41) is 17.3. The van der Waals surface area contributed by atoms with Gasteiger partial charge in [-0.05, 0) is 42.5 Å². The summed E-state index contributed by atoms with van der Waals surface area (Å²) in [6, 6.07) is 12.2. The van der Waals surface area contributed by atoms with Gasteiger partial charge in [0.1, 0.15) is 16.3 Å². The summed E-state index contributed by atoms with van der Waals surface area (Å²) < 4.78 is 1.94. The minimum absolute atomic E-state index is 0.205. The molecule has 1 amide bonds. The van der Waals surface area contributed by atoms with Gasteiger partial charge in [-0.1, -0.05) is 37.1 Å². The lowest BCUT2D eigenvalue weighted by atomic mass is 9.92.